The number of hydrogen-bond acceptors (Lipinski definition) is 4. The Hall–Kier alpha value is -0.260. The van der Waals surface area contributed by atoms with Gasteiger partial charge in [-0.1, -0.05) is 22.0 Å². The lowest BCUT2D eigenvalue weighted by Crippen LogP contribution is -2.15. The van der Waals surface area contributed by atoms with Crippen LogP contribution < -0.4 is 5.73 Å². The molecule has 0 aliphatic heterocycles. The average Bonchev–Trinajstić information content (AvgIpc) is 2.29. The van der Waals surface area contributed by atoms with Gasteiger partial charge in [-0.25, -0.2) is 4.39 Å². The number of hydrogen-bond donors (Lipinski definition) is 1. The van der Waals surface area contributed by atoms with Crippen LogP contribution in [0.25, 0.3) is 0 Å². The van der Waals surface area contributed by atoms with E-state index in [1.807, 2.05) is 0 Å². The van der Waals surface area contributed by atoms with Gasteiger partial charge in [-0.3, -0.25) is 4.57 Å². The third kappa shape index (κ3) is 3.62. The third-order valence-electron chi connectivity index (χ3n) is 2.24. The van der Waals surface area contributed by atoms with Gasteiger partial charge in [0.2, 0.25) is 0 Å². The van der Waals surface area contributed by atoms with Gasteiger partial charge < -0.3 is 14.8 Å². The van der Waals surface area contributed by atoms with Crippen molar-refractivity contribution in [2.24, 2.45) is 5.73 Å². The number of benzene rings is 1. The maximum absolute atomic E-state index is 13.0. The molecule has 1 atom stereocenters. The summed E-state index contributed by atoms with van der Waals surface area (Å²) in [5.74, 6) is -1.35. The van der Waals surface area contributed by atoms with Gasteiger partial charge >= 0.3 is 7.60 Å². The maximum Gasteiger partial charge on any atom is 0.351 e. The number of nitrogens with two attached hydrogens (primary N) is 1. The zero-order chi connectivity index (χ0) is 13.8. The van der Waals surface area contributed by atoms with Gasteiger partial charge in [-0.15, -0.1) is 0 Å². The molecule has 0 saturated carbocycles. The summed E-state index contributed by atoms with van der Waals surface area (Å²) in [6.07, 6.45) is 0. The van der Waals surface area contributed by atoms with Crippen LogP contribution in [0.15, 0.2) is 22.7 Å². The highest BCUT2D eigenvalue weighted by atomic mass is 79.9. The van der Waals surface area contributed by atoms with Gasteiger partial charge in [-0.05, 0) is 31.5 Å². The van der Waals surface area contributed by atoms with Crippen molar-refractivity contribution in [2.45, 2.75) is 19.6 Å². The van der Waals surface area contributed by atoms with Crippen LogP contribution in [0.4, 0.5) is 4.39 Å². The summed E-state index contributed by atoms with van der Waals surface area (Å²) in [4.78, 5) is 0. The molecule has 1 rings (SSSR count). The fraction of sp³-hybridized carbons (Fsp3) is 0.455. The molecular weight excluding hydrogens is 324 g/mol. The first-order chi connectivity index (χ1) is 8.44. The minimum Gasteiger partial charge on any atom is -0.314 e. The monoisotopic (exact) mass is 339 g/mol. The molecule has 0 radical (unpaired) electrons. The Morgan fingerprint density at radius 1 is 1.39 bits per heavy atom. The zero-order valence-electron chi connectivity index (χ0n) is 10.2. The Morgan fingerprint density at radius 2 is 1.94 bits per heavy atom. The number of rotatable bonds is 6. The predicted octanol–water partition coefficient (Wildman–Crippen LogP) is 3.81. The van der Waals surface area contributed by atoms with Gasteiger partial charge in [0.1, 0.15) is 11.6 Å². The van der Waals surface area contributed by atoms with E-state index in [1.165, 1.54) is 18.2 Å². The predicted molar refractivity (Wildman–Crippen MR) is 71.9 cm³/mol. The van der Waals surface area contributed by atoms with Crippen LogP contribution in [0.2, 0.25) is 0 Å². The minimum atomic E-state index is -3.45. The van der Waals surface area contributed by atoms with Crippen molar-refractivity contribution in [3.05, 3.63) is 34.1 Å². The van der Waals surface area contributed by atoms with E-state index in [1.54, 1.807) is 13.8 Å². The van der Waals surface area contributed by atoms with Crippen molar-refractivity contribution >= 4 is 23.5 Å². The highest BCUT2D eigenvalue weighted by Crippen LogP contribution is 2.59. The second-order valence-electron chi connectivity index (χ2n) is 3.49. The molecule has 0 fully saturated rings. The Kier molecular flexibility index (Phi) is 5.95. The highest BCUT2D eigenvalue weighted by Gasteiger charge is 2.35. The lowest BCUT2D eigenvalue weighted by Gasteiger charge is -2.24. The summed E-state index contributed by atoms with van der Waals surface area (Å²) in [5, 5.41) is 0. The van der Waals surface area contributed by atoms with E-state index in [9.17, 15) is 8.96 Å². The van der Waals surface area contributed by atoms with Crippen LogP contribution in [0.1, 0.15) is 25.2 Å². The highest BCUT2D eigenvalue weighted by molar-refractivity contribution is 9.10. The molecule has 7 heteroatoms. The molecule has 102 valence electrons. The fourth-order valence-electron chi connectivity index (χ4n) is 1.47. The molecule has 1 aromatic rings. The van der Waals surface area contributed by atoms with Crippen LogP contribution in [0.5, 0.6) is 0 Å². The molecule has 0 spiro atoms. The van der Waals surface area contributed by atoms with Gasteiger partial charge in [0.15, 0.2) is 0 Å². The van der Waals surface area contributed by atoms with E-state index in [0.29, 0.717) is 10.0 Å². The van der Waals surface area contributed by atoms with Gasteiger partial charge in [0, 0.05) is 4.47 Å². The van der Waals surface area contributed by atoms with Crippen LogP contribution in [-0.2, 0) is 13.6 Å². The SMILES string of the molecule is CCOP(=O)(OCC)[C@@H](N)c1ccc(F)cc1Br. The molecular formula is C11H16BrFNO3P. The van der Waals surface area contributed by atoms with E-state index in [4.69, 9.17) is 14.8 Å². The summed E-state index contributed by atoms with van der Waals surface area (Å²) in [5.41, 5.74) is 6.42. The normalized spacial score (nSPS) is 13.6. The summed E-state index contributed by atoms with van der Waals surface area (Å²) in [6.45, 7) is 3.86. The average molecular weight is 340 g/mol. The second kappa shape index (κ2) is 6.78. The Morgan fingerprint density at radius 3 is 2.39 bits per heavy atom. The van der Waals surface area contributed by atoms with Crippen molar-refractivity contribution in [1.29, 1.82) is 0 Å². The van der Waals surface area contributed by atoms with Gasteiger partial charge in [0.25, 0.3) is 0 Å². The second-order valence-corrected chi connectivity index (χ2v) is 6.49. The van der Waals surface area contributed by atoms with E-state index < -0.39 is 19.2 Å². The standard InChI is InChI=1S/C11H16BrFNO3P/c1-3-16-18(15,17-4-2)11(14)9-6-5-8(13)7-10(9)12/h5-7,11H,3-4,14H2,1-2H3/t11-/m1/s1. The van der Waals surface area contributed by atoms with Gasteiger partial charge in [0.05, 0.1) is 13.2 Å². The van der Waals surface area contributed by atoms with Crippen molar-refractivity contribution in [3.63, 3.8) is 0 Å². The van der Waals surface area contributed by atoms with Crippen molar-refractivity contribution in [3.8, 4) is 0 Å². The molecule has 18 heavy (non-hydrogen) atoms. The van der Waals surface area contributed by atoms with Gasteiger partial charge in [-0.2, -0.15) is 0 Å². The molecule has 0 aliphatic carbocycles. The van der Waals surface area contributed by atoms with E-state index >= 15 is 0 Å². The van der Waals surface area contributed by atoms with E-state index in [2.05, 4.69) is 15.9 Å². The Balaban J connectivity index is 3.09. The summed E-state index contributed by atoms with van der Waals surface area (Å²) < 4.78 is 36.2. The topological polar surface area (TPSA) is 61.5 Å². The molecule has 4 nitrogen and oxygen atoms in total. The molecule has 0 aliphatic rings. The third-order valence-corrected chi connectivity index (χ3v) is 5.12. The minimum absolute atomic E-state index is 0.226. The molecule has 1 aromatic carbocycles. The Labute approximate surface area is 114 Å². The smallest absolute Gasteiger partial charge is 0.314 e. The first kappa shape index (κ1) is 15.8. The molecule has 0 heterocycles. The van der Waals surface area contributed by atoms with Crippen molar-refractivity contribution in [2.75, 3.05) is 13.2 Å². The Bertz CT molecular complexity index is 448. The first-order valence-corrected chi connectivity index (χ1v) is 7.94. The molecule has 2 N–H and O–H groups in total. The zero-order valence-corrected chi connectivity index (χ0v) is 12.7. The van der Waals surface area contributed by atoms with E-state index in [-0.39, 0.29) is 13.2 Å². The van der Waals surface area contributed by atoms with Crippen LogP contribution >= 0.6 is 23.5 Å². The molecule has 0 saturated heterocycles. The number of halogens is 2. The molecule has 0 aromatic heterocycles. The molecule has 0 bridgehead atoms. The van der Waals surface area contributed by atoms with Crippen LogP contribution in [0, 0.1) is 5.82 Å². The quantitative estimate of drug-likeness (QED) is 0.800. The summed E-state index contributed by atoms with van der Waals surface area (Å²) in [7, 11) is -3.45. The lowest BCUT2D eigenvalue weighted by atomic mass is 10.2. The van der Waals surface area contributed by atoms with Crippen LogP contribution in [0.3, 0.4) is 0 Å². The van der Waals surface area contributed by atoms with E-state index in [0.717, 1.165) is 0 Å². The molecule has 0 unspecified atom stereocenters. The molecule has 0 amide bonds. The summed E-state index contributed by atoms with van der Waals surface area (Å²) in [6, 6.07) is 3.98. The van der Waals surface area contributed by atoms with Crippen LogP contribution in [-0.4, -0.2) is 13.2 Å². The summed E-state index contributed by atoms with van der Waals surface area (Å²) >= 11 is 3.19. The lowest BCUT2D eigenvalue weighted by molar-refractivity contribution is 0.212. The largest absolute Gasteiger partial charge is 0.351 e. The maximum atomic E-state index is 13.0. The van der Waals surface area contributed by atoms with Crippen molar-refractivity contribution in [1.82, 2.24) is 0 Å². The first-order valence-electron chi connectivity index (χ1n) is 5.54. The van der Waals surface area contributed by atoms with Crippen molar-refractivity contribution < 1.29 is 18.0 Å². The fourth-order valence-corrected chi connectivity index (χ4v) is 3.93.